The van der Waals surface area contributed by atoms with E-state index < -0.39 is 12.5 Å². The van der Waals surface area contributed by atoms with Crippen LogP contribution in [0.3, 0.4) is 0 Å². The van der Waals surface area contributed by atoms with Gasteiger partial charge in [0, 0.05) is 5.92 Å². The molecule has 0 aromatic rings. The van der Waals surface area contributed by atoms with E-state index in [0.717, 1.165) is 0 Å². The topological polar surface area (TPSA) is 73.2 Å². The van der Waals surface area contributed by atoms with Crippen LogP contribution in [0.2, 0.25) is 0 Å². The summed E-state index contributed by atoms with van der Waals surface area (Å²) in [6.45, 7) is 7.24. The van der Waals surface area contributed by atoms with Crippen molar-refractivity contribution in [3.8, 4) is 0 Å². The lowest BCUT2D eigenvalue weighted by Crippen LogP contribution is -2.56. The molecule has 0 radical (unpaired) electrons. The summed E-state index contributed by atoms with van der Waals surface area (Å²) in [5, 5.41) is 28.0. The van der Waals surface area contributed by atoms with Crippen LogP contribution in [-0.4, -0.2) is 45.7 Å². The zero-order valence-electron chi connectivity index (χ0n) is 9.21. The second-order valence-corrected chi connectivity index (χ2v) is 3.13. The number of hydrogen-bond donors (Lipinski definition) is 3. The van der Waals surface area contributed by atoms with Gasteiger partial charge in [-0.05, 0) is 6.92 Å². The van der Waals surface area contributed by atoms with Crippen molar-refractivity contribution in [3.05, 3.63) is 0 Å². The molecule has 0 aliphatic carbocycles. The first kappa shape index (κ1) is 13.8. The van der Waals surface area contributed by atoms with Crippen molar-refractivity contribution in [2.75, 3.05) is 6.61 Å². The molecule has 1 aliphatic heterocycles. The van der Waals surface area contributed by atoms with Crippen molar-refractivity contribution >= 4 is 0 Å². The van der Waals surface area contributed by atoms with Crippen LogP contribution in [0.4, 0.5) is 0 Å². The summed E-state index contributed by atoms with van der Waals surface area (Å²) < 4.78 is 5.20. The van der Waals surface area contributed by atoms with E-state index in [1.165, 1.54) is 0 Å². The summed E-state index contributed by atoms with van der Waals surface area (Å²) in [7, 11) is 0. The highest BCUT2D eigenvalue weighted by molar-refractivity contribution is 4.75. The molecule has 0 saturated carbocycles. The lowest BCUT2D eigenvalue weighted by Gasteiger charge is -2.41. The molecular weight excluding hydrogens is 186 g/mol. The molecule has 5 nitrogen and oxygen atoms in total. The molecule has 3 N–H and O–H groups in total. The molecule has 14 heavy (non-hydrogen) atoms. The van der Waals surface area contributed by atoms with E-state index in [-0.39, 0.29) is 18.6 Å². The van der Waals surface area contributed by atoms with E-state index in [2.05, 4.69) is 0 Å². The van der Waals surface area contributed by atoms with Crippen LogP contribution < -0.4 is 0 Å². The van der Waals surface area contributed by atoms with Crippen LogP contribution >= 0.6 is 0 Å². The van der Waals surface area contributed by atoms with E-state index in [0.29, 0.717) is 5.06 Å². The standard InChI is InChI=1S/C7H15NO4.C2H6/c1-4-5(2)12-6(3-9)8(11)7(4)10;1-2/h4-7,9-11H,3H2,1-2H3;1-2H3/t4?,5?,6?,7-;/m0./s1. The van der Waals surface area contributed by atoms with E-state index >= 15 is 0 Å². The van der Waals surface area contributed by atoms with Crippen LogP contribution in [0, 0.1) is 5.92 Å². The second kappa shape index (κ2) is 6.31. The minimum Gasteiger partial charge on any atom is -0.392 e. The summed E-state index contributed by atoms with van der Waals surface area (Å²) in [6.07, 6.45) is -1.95. The summed E-state index contributed by atoms with van der Waals surface area (Å²) in [6, 6.07) is 0. The third-order valence-corrected chi connectivity index (χ3v) is 2.30. The number of nitrogens with zero attached hydrogens (tertiary/aromatic N) is 1. The molecule has 0 amide bonds. The molecule has 1 aliphatic rings. The van der Waals surface area contributed by atoms with Gasteiger partial charge in [0.25, 0.3) is 0 Å². The maximum Gasteiger partial charge on any atom is 0.159 e. The Morgan fingerprint density at radius 1 is 1.29 bits per heavy atom. The molecule has 0 aromatic heterocycles. The third-order valence-electron chi connectivity index (χ3n) is 2.30. The molecule has 0 aromatic carbocycles. The molecular formula is C9H21NO4. The predicted molar refractivity (Wildman–Crippen MR) is 51.6 cm³/mol. The predicted octanol–water partition coefficient (Wildman–Crippen LogP) is 0.395. The Hall–Kier alpha value is -0.200. The third kappa shape index (κ3) is 2.90. The molecule has 0 bridgehead atoms. The van der Waals surface area contributed by atoms with Crippen molar-refractivity contribution in [3.63, 3.8) is 0 Å². The Balaban J connectivity index is 0.000000791. The maximum atomic E-state index is 9.40. The van der Waals surface area contributed by atoms with Crippen molar-refractivity contribution in [1.29, 1.82) is 0 Å². The second-order valence-electron chi connectivity index (χ2n) is 3.13. The molecule has 1 heterocycles. The van der Waals surface area contributed by atoms with Gasteiger partial charge in [0.2, 0.25) is 0 Å². The number of rotatable bonds is 1. The van der Waals surface area contributed by atoms with E-state index in [4.69, 9.17) is 9.84 Å². The van der Waals surface area contributed by atoms with E-state index in [9.17, 15) is 10.3 Å². The molecule has 0 spiro atoms. The van der Waals surface area contributed by atoms with Crippen LogP contribution in [-0.2, 0) is 4.74 Å². The van der Waals surface area contributed by atoms with Crippen LogP contribution in [0.15, 0.2) is 0 Å². The van der Waals surface area contributed by atoms with Gasteiger partial charge in [0.1, 0.15) is 6.23 Å². The number of aliphatic hydroxyl groups excluding tert-OH is 2. The summed E-state index contributed by atoms with van der Waals surface area (Å²) in [5.41, 5.74) is 0. The van der Waals surface area contributed by atoms with Gasteiger partial charge in [-0.2, -0.15) is 0 Å². The van der Waals surface area contributed by atoms with Gasteiger partial charge in [-0.15, -0.1) is 5.06 Å². The van der Waals surface area contributed by atoms with Gasteiger partial charge in [0.15, 0.2) is 6.23 Å². The maximum absolute atomic E-state index is 9.40. The van der Waals surface area contributed by atoms with E-state index in [1.807, 2.05) is 13.8 Å². The molecule has 1 fully saturated rings. The first-order valence-electron chi connectivity index (χ1n) is 4.99. The van der Waals surface area contributed by atoms with Gasteiger partial charge in [0.05, 0.1) is 12.7 Å². The summed E-state index contributed by atoms with van der Waals surface area (Å²) >= 11 is 0. The van der Waals surface area contributed by atoms with Gasteiger partial charge in [-0.25, -0.2) is 0 Å². The van der Waals surface area contributed by atoms with Crippen LogP contribution in [0.1, 0.15) is 27.7 Å². The highest BCUT2D eigenvalue weighted by atomic mass is 16.6. The van der Waals surface area contributed by atoms with Crippen molar-refractivity contribution in [2.45, 2.75) is 46.3 Å². The van der Waals surface area contributed by atoms with Gasteiger partial charge in [-0.3, -0.25) is 0 Å². The number of hydrogen-bond acceptors (Lipinski definition) is 5. The quantitative estimate of drug-likeness (QED) is 0.580. The average Bonchev–Trinajstić information content (AvgIpc) is 2.23. The average molecular weight is 207 g/mol. The lowest BCUT2D eigenvalue weighted by atomic mass is 10.0. The Labute approximate surface area is 84.9 Å². The molecule has 3 unspecified atom stereocenters. The van der Waals surface area contributed by atoms with Crippen molar-refractivity contribution in [2.24, 2.45) is 5.92 Å². The monoisotopic (exact) mass is 207 g/mol. The molecule has 1 saturated heterocycles. The zero-order valence-corrected chi connectivity index (χ0v) is 9.21. The Morgan fingerprint density at radius 2 is 1.79 bits per heavy atom. The molecule has 5 heteroatoms. The minimum atomic E-state index is -0.967. The largest absolute Gasteiger partial charge is 0.392 e. The van der Waals surface area contributed by atoms with Gasteiger partial charge >= 0.3 is 0 Å². The lowest BCUT2D eigenvalue weighted by molar-refractivity contribution is -0.348. The molecule has 86 valence electrons. The summed E-state index contributed by atoms with van der Waals surface area (Å²) in [4.78, 5) is 0. The number of hydroxylamine groups is 2. The molecule has 1 rings (SSSR count). The Kier molecular flexibility index (Phi) is 6.22. The normalized spacial score (nSPS) is 38.8. The van der Waals surface area contributed by atoms with Gasteiger partial charge in [-0.1, -0.05) is 20.8 Å². The first-order chi connectivity index (χ1) is 6.57. The van der Waals surface area contributed by atoms with E-state index in [1.54, 1.807) is 13.8 Å². The van der Waals surface area contributed by atoms with Crippen molar-refractivity contribution in [1.82, 2.24) is 5.06 Å². The minimum absolute atomic E-state index is 0.166. The smallest absolute Gasteiger partial charge is 0.159 e. The first-order valence-corrected chi connectivity index (χ1v) is 4.99. The highest BCUT2D eigenvalue weighted by Crippen LogP contribution is 2.23. The Bertz CT molecular complexity index is 151. The van der Waals surface area contributed by atoms with Crippen LogP contribution in [0.5, 0.6) is 0 Å². The van der Waals surface area contributed by atoms with Crippen LogP contribution in [0.25, 0.3) is 0 Å². The highest BCUT2D eigenvalue weighted by Gasteiger charge is 2.37. The fraction of sp³-hybridized carbons (Fsp3) is 1.00. The molecule has 4 atom stereocenters. The SMILES string of the molecule is CC.CC1OC(CO)N(O)[C@@H](O)C1C. The van der Waals surface area contributed by atoms with Gasteiger partial charge < -0.3 is 20.2 Å². The van der Waals surface area contributed by atoms with Crippen molar-refractivity contribution < 1.29 is 20.2 Å². The fourth-order valence-electron chi connectivity index (χ4n) is 1.21. The zero-order chi connectivity index (χ0) is 11.3. The number of ether oxygens (including phenoxy) is 1. The summed E-state index contributed by atoms with van der Waals surface area (Å²) in [5.74, 6) is -0.169. The Morgan fingerprint density at radius 3 is 2.21 bits per heavy atom. The number of aliphatic hydroxyl groups is 2. The fourth-order valence-corrected chi connectivity index (χ4v) is 1.21.